The maximum Gasteiger partial charge on any atom is 0.245 e. The highest BCUT2D eigenvalue weighted by Gasteiger charge is 2.24. The number of piperidine rings is 1. The molecule has 1 aliphatic heterocycles. The van der Waals surface area contributed by atoms with Gasteiger partial charge in [-0.3, -0.25) is 4.79 Å². The van der Waals surface area contributed by atoms with Crippen LogP contribution in [0.1, 0.15) is 18.6 Å². The number of nitrogens with one attached hydrogen (secondary N) is 1. The second-order valence-corrected chi connectivity index (χ2v) is 9.02. The predicted molar refractivity (Wildman–Crippen MR) is 145 cm³/mol. The van der Waals surface area contributed by atoms with Crippen LogP contribution in [-0.2, 0) is 4.79 Å². The molecule has 0 spiro atoms. The minimum absolute atomic E-state index is 0.0498. The van der Waals surface area contributed by atoms with Crippen molar-refractivity contribution in [2.24, 2.45) is 0 Å². The number of aryl methyl sites for hydroxylation is 1. The van der Waals surface area contributed by atoms with Crippen LogP contribution in [0.3, 0.4) is 0 Å². The third kappa shape index (κ3) is 5.00. The number of amides is 1. The zero-order valence-electron chi connectivity index (χ0n) is 21.7. The van der Waals surface area contributed by atoms with Gasteiger partial charge >= 0.3 is 0 Å². The summed E-state index contributed by atoms with van der Waals surface area (Å²) in [5, 5.41) is 4.20. The van der Waals surface area contributed by atoms with Crippen LogP contribution < -0.4 is 19.5 Å². The number of carbonyl (C=O) groups excluding carboxylic acids is 1. The zero-order chi connectivity index (χ0) is 26.6. The van der Waals surface area contributed by atoms with Crippen LogP contribution in [0, 0.1) is 6.92 Å². The first kappa shape index (κ1) is 25.1. The van der Waals surface area contributed by atoms with Crippen LogP contribution in [0.5, 0.6) is 17.2 Å². The summed E-state index contributed by atoms with van der Waals surface area (Å²) in [6.45, 7) is 6.74. The lowest BCUT2D eigenvalue weighted by atomic mass is 10.1. The Hall–Kier alpha value is -4.53. The molecule has 3 heterocycles. The number of fused-ring (bicyclic) bond motifs is 1. The molecular formula is C29H30N4O5. The summed E-state index contributed by atoms with van der Waals surface area (Å²) in [4.78, 5) is 22.7. The van der Waals surface area contributed by atoms with Gasteiger partial charge in [-0.25, -0.2) is 9.97 Å². The SMILES string of the molecule is C=CC(=O)N1CCC(Oc2cc3c(Nc4cc(-c5ccoc5C)ccc4OC)ncnc3cc2OC)CC1. The summed E-state index contributed by atoms with van der Waals surface area (Å²) in [6.07, 6.45) is 5.92. The Morgan fingerprint density at radius 2 is 1.87 bits per heavy atom. The fourth-order valence-electron chi connectivity index (χ4n) is 4.70. The number of hydrogen-bond donors (Lipinski definition) is 1. The predicted octanol–water partition coefficient (Wildman–Crippen LogP) is 5.51. The van der Waals surface area contributed by atoms with E-state index in [-0.39, 0.29) is 12.0 Å². The Labute approximate surface area is 221 Å². The molecule has 5 rings (SSSR count). The summed E-state index contributed by atoms with van der Waals surface area (Å²) in [6, 6.07) is 11.6. The summed E-state index contributed by atoms with van der Waals surface area (Å²) in [5.41, 5.74) is 3.46. The minimum Gasteiger partial charge on any atom is -0.495 e. The quantitative estimate of drug-likeness (QED) is 0.307. The smallest absolute Gasteiger partial charge is 0.245 e. The Balaban J connectivity index is 1.46. The lowest BCUT2D eigenvalue weighted by molar-refractivity contribution is -0.127. The lowest BCUT2D eigenvalue weighted by Crippen LogP contribution is -2.41. The van der Waals surface area contributed by atoms with Gasteiger partial charge in [-0.15, -0.1) is 0 Å². The van der Waals surface area contributed by atoms with E-state index >= 15 is 0 Å². The van der Waals surface area contributed by atoms with E-state index in [1.165, 1.54) is 12.4 Å². The molecule has 0 atom stereocenters. The number of ether oxygens (including phenoxy) is 3. The van der Waals surface area contributed by atoms with Crippen molar-refractivity contribution in [2.75, 3.05) is 32.6 Å². The number of benzene rings is 2. The highest BCUT2D eigenvalue weighted by atomic mass is 16.5. The number of methoxy groups -OCH3 is 2. The number of anilines is 2. The highest BCUT2D eigenvalue weighted by Crippen LogP contribution is 2.38. The van der Waals surface area contributed by atoms with Gasteiger partial charge in [0, 0.05) is 42.9 Å². The molecule has 2 aromatic heterocycles. The molecule has 0 radical (unpaired) electrons. The fraction of sp³-hybridized carbons (Fsp3) is 0.276. The Morgan fingerprint density at radius 3 is 2.55 bits per heavy atom. The number of nitrogens with zero attached hydrogens (tertiary/aromatic N) is 3. The average Bonchev–Trinajstić information content (AvgIpc) is 3.38. The molecule has 38 heavy (non-hydrogen) atoms. The first-order valence-corrected chi connectivity index (χ1v) is 12.4. The van der Waals surface area contributed by atoms with Gasteiger partial charge in [-0.05, 0) is 42.8 Å². The molecule has 4 aromatic rings. The van der Waals surface area contributed by atoms with E-state index in [2.05, 4.69) is 21.9 Å². The number of rotatable bonds is 8. The minimum atomic E-state index is -0.0537. The van der Waals surface area contributed by atoms with Crippen molar-refractivity contribution in [3.8, 4) is 28.4 Å². The molecule has 9 nitrogen and oxygen atoms in total. The Morgan fingerprint density at radius 1 is 1.08 bits per heavy atom. The Kier molecular flexibility index (Phi) is 7.17. The molecule has 0 saturated carbocycles. The maximum absolute atomic E-state index is 11.9. The number of furan rings is 1. The summed E-state index contributed by atoms with van der Waals surface area (Å²) in [5.74, 6) is 3.24. The van der Waals surface area contributed by atoms with Crippen LogP contribution in [0.15, 0.2) is 66.1 Å². The lowest BCUT2D eigenvalue weighted by Gasteiger charge is -2.31. The van der Waals surface area contributed by atoms with Crippen LogP contribution in [0.4, 0.5) is 11.5 Å². The van der Waals surface area contributed by atoms with Gasteiger partial charge in [-0.2, -0.15) is 0 Å². The fourth-order valence-corrected chi connectivity index (χ4v) is 4.70. The normalized spacial score (nSPS) is 13.8. The van der Waals surface area contributed by atoms with Gasteiger partial charge in [0.25, 0.3) is 0 Å². The van der Waals surface area contributed by atoms with Crippen LogP contribution >= 0.6 is 0 Å². The van der Waals surface area contributed by atoms with Crippen molar-refractivity contribution >= 4 is 28.3 Å². The number of hydrogen-bond acceptors (Lipinski definition) is 8. The molecule has 196 valence electrons. The van der Waals surface area contributed by atoms with E-state index in [9.17, 15) is 4.79 Å². The molecule has 1 saturated heterocycles. The van der Waals surface area contributed by atoms with E-state index in [0.29, 0.717) is 54.5 Å². The first-order valence-electron chi connectivity index (χ1n) is 12.4. The molecule has 0 bridgehead atoms. The summed E-state index contributed by atoms with van der Waals surface area (Å²) >= 11 is 0. The summed E-state index contributed by atoms with van der Waals surface area (Å²) < 4.78 is 23.1. The number of likely N-dealkylation sites (tertiary alicyclic amines) is 1. The largest absolute Gasteiger partial charge is 0.495 e. The second-order valence-electron chi connectivity index (χ2n) is 9.02. The van der Waals surface area contributed by atoms with Crippen molar-refractivity contribution in [1.29, 1.82) is 0 Å². The molecule has 2 aromatic carbocycles. The third-order valence-corrected chi connectivity index (χ3v) is 6.77. The second kappa shape index (κ2) is 10.8. The first-order chi connectivity index (χ1) is 18.5. The van der Waals surface area contributed by atoms with Crippen molar-refractivity contribution in [3.05, 3.63) is 67.4 Å². The van der Waals surface area contributed by atoms with Gasteiger partial charge < -0.3 is 28.8 Å². The maximum atomic E-state index is 11.9. The molecule has 1 fully saturated rings. The zero-order valence-corrected chi connectivity index (χ0v) is 21.7. The Bertz CT molecular complexity index is 1470. The van der Waals surface area contributed by atoms with E-state index in [4.69, 9.17) is 18.6 Å². The third-order valence-electron chi connectivity index (χ3n) is 6.77. The van der Waals surface area contributed by atoms with Gasteiger partial charge in [-0.1, -0.05) is 12.6 Å². The molecule has 1 aliphatic rings. The molecule has 9 heteroatoms. The highest BCUT2D eigenvalue weighted by molar-refractivity contribution is 5.94. The van der Waals surface area contributed by atoms with Gasteiger partial charge in [0.1, 0.15) is 29.8 Å². The van der Waals surface area contributed by atoms with Crippen LogP contribution in [0.25, 0.3) is 22.0 Å². The van der Waals surface area contributed by atoms with Crippen LogP contribution in [-0.4, -0.2) is 54.2 Å². The monoisotopic (exact) mass is 514 g/mol. The van der Waals surface area contributed by atoms with Crippen LogP contribution in [0.2, 0.25) is 0 Å². The average molecular weight is 515 g/mol. The molecule has 0 unspecified atom stereocenters. The number of carbonyl (C=O) groups is 1. The molecule has 0 aliphatic carbocycles. The van der Waals surface area contributed by atoms with Crippen molar-refractivity contribution in [3.63, 3.8) is 0 Å². The van der Waals surface area contributed by atoms with Gasteiger partial charge in [0.2, 0.25) is 5.91 Å². The van der Waals surface area contributed by atoms with E-state index in [1.807, 2.05) is 43.3 Å². The topological polar surface area (TPSA) is 99.0 Å². The molecule has 1 amide bonds. The van der Waals surface area contributed by atoms with Gasteiger partial charge in [0.15, 0.2) is 11.5 Å². The summed E-state index contributed by atoms with van der Waals surface area (Å²) in [7, 11) is 3.24. The van der Waals surface area contributed by atoms with Gasteiger partial charge in [0.05, 0.1) is 31.7 Å². The molecule has 1 N–H and O–H groups in total. The van der Waals surface area contributed by atoms with E-state index < -0.39 is 0 Å². The van der Waals surface area contributed by atoms with E-state index in [0.717, 1.165) is 28.0 Å². The van der Waals surface area contributed by atoms with Crippen molar-refractivity contribution in [2.45, 2.75) is 25.9 Å². The van der Waals surface area contributed by atoms with E-state index in [1.54, 1.807) is 25.4 Å². The number of aromatic nitrogens is 2. The van der Waals surface area contributed by atoms with Crippen molar-refractivity contribution in [1.82, 2.24) is 14.9 Å². The molecular weight excluding hydrogens is 484 g/mol. The van der Waals surface area contributed by atoms with Crippen molar-refractivity contribution < 1.29 is 23.4 Å². The standard InChI is InChI=1S/C29H30N4O5/c1-5-28(34)33-11-8-20(9-12-33)38-27-15-22-23(16-26(27)36-4)30-17-31-29(22)32-24-14-19(6-7-25(24)35-3)21-10-13-37-18(21)2/h5-7,10,13-17,20H,1,8-9,11-12H2,2-4H3,(H,30,31,32).